The number of aliphatic imine (C=N–C) groups is 1. The number of aromatic nitrogens is 2. The van der Waals surface area contributed by atoms with Gasteiger partial charge in [-0.05, 0) is 44.4 Å². The molecule has 2 unspecified atom stereocenters. The van der Waals surface area contributed by atoms with Crippen LogP contribution in [0.25, 0.3) is 0 Å². The third-order valence-corrected chi connectivity index (χ3v) is 8.32. The Morgan fingerprint density at radius 3 is 2.48 bits per heavy atom. The molecule has 2 aromatic rings. The Kier molecular flexibility index (Phi) is 5.77. The molecular weight excluding hydrogens is 431 g/mol. The van der Waals surface area contributed by atoms with Gasteiger partial charge in [0.1, 0.15) is 11.3 Å². The van der Waals surface area contributed by atoms with Gasteiger partial charge >= 0.3 is 0 Å². The summed E-state index contributed by atoms with van der Waals surface area (Å²) < 4.78 is 31.7. The molecule has 2 atom stereocenters. The maximum absolute atomic E-state index is 13.5. The normalized spacial score (nSPS) is 23.0. The molecule has 2 heterocycles. The number of fused-ring (bicyclic) bond motifs is 1. The first-order valence-corrected chi connectivity index (χ1v) is 12.1. The van der Waals surface area contributed by atoms with Gasteiger partial charge in [0.15, 0.2) is 5.82 Å². The largest absolute Gasteiger partial charge is 0.238 e. The smallest absolute Gasteiger partial charge is 0.222 e. The minimum Gasteiger partial charge on any atom is -0.238 e. The maximum Gasteiger partial charge on any atom is 0.222 e. The Bertz CT molecular complexity index is 1060. The zero-order valence-corrected chi connectivity index (χ0v) is 18.7. The van der Waals surface area contributed by atoms with E-state index in [0.29, 0.717) is 21.6 Å². The van der Waals surface area contributed by atoms with Crippen molar-refractivity contribution in [3.8, 4) is 0 Å². The lowest BCUT2D eigenvalue weighted by atomic mass is 9.96. The summed E-state index contributed by atoms with van der Waals surface area (Å²) in [6.07, 6.45) is 4.98. The van der Waals surface area contributed by atoms with Gasteiger partial charge in [-0.1, -0.05) is 48.5 Å². The van der Waals surface area contributed by atoms with Crippen LogP contribution in [0.2, 0.25) is 10.0 Å². The van der Waals surface area contributed by atoms with Crippen LogP contribution >= 0.6 is 23.2 Å². The van der Waals surface area contributed by atoms with Crippen molar-refractivity contribution in [1.29, 1.82) is 0 Å². The van der Waals surface area contributed by atoms with E-state index in [2.05, 4.69) is 14.8 Å². The summed E-state index contributed by atoms with van der Waals surface area (Å²) in [7, 11) is -3.70. The highest BCUT2D eigenvalue weighted by Crippen LogP contribution is 2.38. The summed E-state index contributed by atoms with van der Waals surface area (Å²) in [5.41, 5.74) is 2.05. The molecule has 156 valence electrons. The number of benzene rings is 1. The summed E-state index contributed by atoms with van der Waals surface area (Å²) in [5.74, 6) is 0.639. The minimum atomic E-state index is -3.70. The Balaban J connectivity index is 1.80. The van der Waals surface area contributed by atoms with Crippen LogP contribution in [-0.4, -0.2) is 35.2 Å². The molecule has 9 heteroatoms. The minimum absolute atomic E-state index is 0.0308. The standard InChI is InChI=1S/C20H24Cl2N4O2S/c1-12-10-18-23-13(2)20(29(27,28)25-15-6-4-3-5-7-15)19(26(18)24-12)14-8-9-16(21)17(22)11-14/h8-11,15,19-20,25H,3-7H2,1-2H3. The molecule has 1 N–H and O–H groups in total. The fourth-order valence-corrected chi connectivity index (χ4v) is 6.59. The molecule has 0 spiro atoms. The zero-order valence-electron chi connectivity index (χ0n) is 16.4. The van der Waals surface area contributed by atoms with E-state index in [4.69, 9.17) is 23.2 Å². The average Bonchev–Trinajstić information content (AvgIpc) is 3.03. The van der Waals surface area contributed by atoms with Crippen molar-refractivity contribution in [2.75, 3.05) is 0 Å². The van der Waals surface area contributed by atoms with E-state index in [1.165, 1.54) is 0 Å². The Labute approximate surface area is 181 Å². The number of nitrogens with one attached hydrogen (secondary N) is 1. The summed E-state index contributed by atoms with van der Waals surface area (Å²) in [5, 5.41) is 4.47. The molecular formula is C20H24Cl2N4O2S. The first kappa shape index (κ1) is 20.8. The lowest BCUT2D eigenvalue weighted by molar-refractivity contribution is 0.408. The van der Waals surface area contributed by atoms with Crippen molar-refractivity contribution in [3.63, 3.8) is 0 Å². The SMILES string of the molecule is CC1=Nc2cc(C)nn2C(c2ccc(Cl)c(Cl)c2)C1S(=O)(=O)NC1CCCCC1. The highest BCUT2D eigenvalue weighted by molar-refractivity contribution is 7.91. The number of hydrogen-bond acceptors (Lipinski definition) is 4. The molecule has 1 aliphatic carbocycles. The van der Waals surface area contributed by atoms with Gasteiger partial charge in [0.05, 0.1) is 15.7 Å². The van der Waals surface area contributed by atoms with E-state index in [0.717, 1.165) is 43.4 Å². The van der Waals surface area contributed by atoms with Gasteiger partial charge in [0, 0.05) is 17.8 Å². The van der Waals surface area contributed by atoms with Crippen LogP contribution < -0.4 is 4.72 Å². The van der Waals surface area contributed by atoms with Crippen LogP contribution in [0.4, 0.5) is 5.82 Å². The van der Waals surface area contributed by atoms with Crippen LogP contribution in [0, 0.1) is 6.92 Å². The molecule has 0 saturated heterocycles. The van der Waals surface area contributed by atoms with Gasteiger partial charge in [-0.15, -0.1) is 0 Å². The van der Waals surface area contributed by atoms with Gasteiger partial charge in [0.2, 0.25) is 10.0 Å². The summed E-state index contributed by atoms with van der Waals surface area (Å²) in [6, 6.07) is 6.46. The Morgan fingerprint density at radius 2 is 1.79 bits per heavy atom. The fraction of sp³-hybridized carbons (Fsp3) is 0.500. The summed E-state index contributed by atoms with van der Waals surface area (Å²) in [6.45, 7) is 3.63. The van der Waals surface area contributed by atoms with Gasteiger partial charge in [-0.3, -0.25) is 0 Å². The predicted molar refractivity (Wildman–Crippen MR) is 117 cm³/mol. The highest BCUT2D eigenvalue weighted by atomic mass is 35.5. The first-order valence-electron chi connectivity index (χ1n) is 9.83. The van der Waals surface area contributed by atoms with Crippen molar-refractivity contribution in [3.05, 3.63) is 45.6 Å². The van der Waals surface area contributed by atoms with E-state index in [-0.39, 0.29) is 6.04 Å². The number of aryl methyl sites for hydroxylation is 1. The third-order valence-electron chi connectivity index (χ3n) is 5.65. The molecule has 29 heavy (non-hydrogen) atoms. The fourth-order valence-electron chi connectivity index (χ4n) is 4.32. The summed E-state index contributed by atoms with van der Waals surface area (Å²) in [4.78, 5) is 4.56. The monoisotopic (exact) mass is 454 g/mol. The number of hydrogen-bond donors (Lipinski definition) is 1. The third kappa shape index (κ3) is 4.10. The average molecular weight is 455 g/mol. The van der Waals surface area contributed by atoms with Crippen molar-refractivity contribution in [1.82, 2.24) is 14.5 Å². The van der Waals surface area contributed by atoms with Crippen LogP contribution in [0.3, 0.4) is 0 Å². The second-order valence-corrected chi connectivity index (χ2v) is 10.5. The van der Waals surface area contributed by atoms with Crippen LogP contribution in [0.1, 0.15) is 56.3 Å². The number of halogens is 2. The maximum atomic E-state index is 13.5. The molecule has 6 nitrogen and oxygen atoms in total. The second kappa shape index (κ2) is 8.02. The Hall–Kier alpha value is -1.41. The highest BCUT2D eigenvalue weighted by Gasteiger charge is 2.43. The van der Waals surface area contributed by atoms with Gasteiger partial charge in [-0.2, -0.15) is 5.10 Å². The Morgan fingerprint density at radius 1 is 1.07 bits per heavy atom. The molecule has 1 fully saturated rings. The van der Waals surface area contributed by atoms with Gasteiger partial charge < -0.3 is 0 Å². The lowest BCUT2D eigenvalue weighted by Gasteiger charge is -2.33. The van der Waals surface area contributed by atoms with E-state index in [1.54, 1.807) is 29.8 Å². The lowest BCUT2D eigenvalue weighted by Crippen LogP contribution is -2.49. The van der Waals surface area contributed by atoms with Crippen LogP contribution in [0.5, 0.6) is 0 Å². The molecule has 0 radical (unpaired) electrons. The molecule has 0 amide bonds. The van der Waals surface area contributed by atoms with E-state index >= 15 is 0 Å². The molecule has 1 aromatic heterocycles. The van der Waals surface area contributed by atoms with Crippen molar-refractivity contribution in [2.24, 2.45) is 4.99 Å². The topological polar surface area (TPSA) is 76.3 Å². The number of rotatable bonds is 4. The quantitative estimate of drug-likeness (QED) is 0.719. The van der Waals surface area contributed by atoms with Crippen molar-refractivity contribution < 1.29 is 8.42 Å². The van der Waals surface area contributed by atoms with Gasteiger partial charge in [-0.25, -0.2) is 22.8 Å². The molecule has 0 bridgehead atoms. The van der Waals surface area contributed by atoms with E-state index in [9.17, 15) is 8.42 Å². The first-order chi connectivity index (χ1) is 13.8. The molecule has 2 aliphatic rings. The number of nitrogens with zero attached hydrogens (tertiary/aromatic N) is 3. The van der Waals surface area contributed by atoms with Crippen LogP contribution in [-0.2, 0) is 10.0 Å². The van der Waals surface area contributed by atoms with Crippen molar-refractivity contribution >= 4 is 44.8 Å². The second-order valence-electron chi connectivity index (χ2n) is 7.88. The van der Waals surface area contributed by atoms with Crippen LogP contribution in [0.15, 0.2) is 29.3 Å². The predicted octanol–water partition coefficient (Wildman–Crippen LogP) is 4.81. The zero-order chi connectivity index (χ0) is 20.8. The molecule has 1 aromatic carbocycles. The molecule has 1 aliphatic heterocycles. The van der Waals surface area contributed by atoms with Gasteiger partial charge in [0.25, 0.3) is 0 Å². The molecule has 4 rings (SSSR count). The van der Waals surface area contributed by atoms with Crippen molar-refractivity contribution in [2.45, 2.75) is 63.3 Å². The number of sulfonamides is 1. The van der Waals surface area contributed by atoms with E-state index in [1.807, 2.05) is 13.0 Å². The molecule has 1 saturated carbocycles. The van der Waals surface area contributed by atoms with E-state index < -0.39 is 21.3 Å². The summed E-state index contributed by atoms with van der Waals surface area (Å²) >= 11 is 12.4.